The lowest BCUT2D eigenvalue weighted by Gasteiger charge is -2.17. The number of aliphatic carboxylic acids is 1. The van der Waals surface area contributed by atoms with Gasteiger partial charge in [-0.05, 0) is 31.0 Å². The van der Waals surface area contributed by atoms with Crippen molar-refractivity contribution in [3.63, 3.8) is 0 Å². The van der Waals surface area contributed by atoms with Gasteiger partial charge in [0.2, 0.25) is 5.91 Å². The Hall–Kier alpha value is -2.32. The van der Waals surface area contributed by atoms with E-state index in [1.54, 1.807) is 0 Å². The van der Waals surface area contributed by atoms with Gasteiger partial charge in [-0.2, -0.15) is 0 Å². The predicted octanol–water partition coefficient (Wildman–Crippen LogP) is 1.26. The van der Waals surface area contributed by atoms with E-state index in [1.807, 2.05) is 32.0 Å². The smallest absolute Gasteiger partial charge is 0.317 e. The molecule has 0 spiro atoms. The minimum absolute atomic E-state index is 0.0517. The van der Waals surface area contributed by atoms with Gasteiger partial charge in [0.15, 0.2) is 0 Å². The summed E-state index contributed by atoms with van der Waals surface area (Å²) < 4.78 is 0. The molecule has 0 radical (unpaired) electrons. The number of carbonyl (C=O) groups excluding carboxylic acids is 1. The molecule has 0 bridgehead atoms. The van der Waals surface area contributed by atoms with Crippen molar-refractivity contribution in [2.24, 2.45) is 0 Å². The Bertz CT molecular complexity index is 547. The standard InChI is InChI=1S/C15H18N2O3/c1-4-7-17(10-15(19)20)9-14(18)16-13-8-11(2)5-6-12(13)3/h1,5-6,8H,7,9-10H2,2-3H3,(H,16,18)(H,19,20). The first-order valence-corrected chi connectivity index (χ1v) is 6.17. The normalized spacial score (nSPS) is 10.1. The first kappa shape index (κ1) is 15.7. The average Bonchev–Trinajstić information content (AvgIpc) is 2.33. The number of hydrogen-bond acceptors (Lipinski definition) is 3. The van der Waals surface area contributed by atoms with Crippen molar-refractivity contribution < 1.29 is 14.7 Å². The molecule has 1 aromatic rings. The molecule has 0 aliphatic heterocycles. The van der Waals surface area contributed by atoms with Crippen LogP contribution in [0.4, 0.5) is 5.69 Å². The van der Waals surface area contributed by atoms with Crippen LogP contribution >= 0.6 is 0 Å². The molecule has 5 nitrogen and oxygen atoms in total. The average molecular weight is 274 g/mol. The zero-order valence-electron chi connectivity index (χ0n) is 11.6. The van der Waals surface area contributed by atoms with Crippen molar-refractivity contribution in [3.8, 4) is 12.3 Å². The molecule has 0 aliphatic carbocycles. The van der Waals surface area contributed by atoms with Gasteiger partial charge in [-0.3, -0.25) is 14.5 Å². The van der Waals surface area contributed by atoms with E-state index in [0.717, 1.165) is 16.8 Å². The molecule has 0 heterocycles. The van der Waals surface area contributed by atoms with Crippen LogP contribution in [0.2, 0.25) is 0 Å². The van der Waals surface area contributed by atoms with E-state index in [9.17, 15) is 9.59 Å². The number of carboxylic acids is 1. The van der Waals surface area contributed by atoms with E-state index >= 15 is 0 Å². The van der Waals surface area contributed by atoms with Gasteiger partial charge in [-0.1, -0.05) is 18.1 Å². The number of terminal acetylenes is 1. The summed E-state index contributed by atoms with van der Waals surface area (Å²) in [6.45, 7) is 3.64. The fourth-order valence-electron chi connectivity index (χ4n) is 1.75. The summed E-state index contributed by atoms with van der Waals surface area (Å²) in [7, 11) is 0. The second kappa shape index (κ2) is 7.31. The summed E-state index contributed by atoms with van der Waals surface area (Å²) in [4.78, 5) is 24.0. The molecule has 0 fully saturated rings. The van der Waals surface area contributed by atoms with Gasteiger partial charge in [0, 0.05) is 5.69 Å². The third kappa shape index (κ3) is 5.12. The molecule has 0 aliphatic rings. The zero-order chi connectivity index (χ0) is 15.1. The number of nitrogens with one attached hydrogen (secondary N) is 1. The van der Waals surface area contributed by atoms with Crippen LogP contribution < -0.4 is 5.32 Å². The lowest BCUT2D eigenvalue weighted by Crippen LogP contribution is -2.37. The molecule has 20 heavy (non-hydrogen) atoms. The van der Waals surface area contributed by atoms with Gasteiger partial charge in [-0.15, -0.1) is 6.42 Å². The quantitative estimate of drug-likeness (QED) is 0.766. The Morgan fingerprint density at radius 3 is 2.65 bits per heavy atom. The second-order valence-electron chi connectivity index (χ2n) is 4.61. The largest absolute Gasteiger partial charge is 0.480 e. The molecule has 106 valence electrons. The summed E-state index contributed by atoms with van der Waals surface area (Å²) in [5.74, 6) is 1.05. The number of rotatable bonds is 6. The number of amides is 1. The van der Waals surface area contributed by atoms with Crippen LogP contribution in [-0.2, 0) is 9.59 Å². The maximum atomic E-state index is 11.9. The molecule has 0 atom stereocenters. The number of carbonyl (C=O) groups is 2. The fourth-order valence-corrected chi connectivity index (χ4v) is 1.75. The third-order valence-corrected chi connectivity index (χ3v) is 2.71. The number of nitrogens with zero attached hydrogens (tertiary/aromatic N) is 1. The minimum Gasteiger partial charge on any atom is -0.480 e. The summed E-state index contributed by atoms with van der Waals surface area (Å²) in [6, 6.07) is 5.75. The van der Waals surface area contributed by atoms with E-state index in [1.165, 1.54) is 4.90 Å². The van der Waals surface area contributed by atoms with Crippen LogP contribution in [-0.4, -0.2) is 41.5 Å². The highest BCUT2D eigenvalue weighted by Gasteiger charge is 2.13. The van der Waals surface area contributed by atoms with Gasteiger partial charge < -0.3 is 10.4 Å². The Morgan fingerprint density at radius 1 is 1.35 bits per heavy atom. The van der Waals surface area contributed by atoms with Crippen LogP contribution in [0.5, 0.6) is 0 Å². The van der Waals surface area contributed by atoms with Crippen molar-refractivity contribution >= 4 is 17.6 Å². The number of hydrogen-bond donors (Lipinski definition) is 2. The van der Waals surface area contributed by atoms with Gasteiger partial charge in [-0.25, -0.2) is 0 Å². The molecule has 1 amide bonds. The number of aryl methyl sites for hydroxylation is 2. The maximum absolute atomic E-state index is 11.9. The summed E-state index contributed by atoms with van der Waals surface area (Å²) >= 11 is 0. The van der Waals surface area contributed by atoms with E-state index in [4.69, 9.17) is 11.5 Å². The molecule has 0 aromatic heterocycles. The molecule has 2 N–H and O–H groups in total. The molecular formula is C15H18N2O3. The zero-order valence-corrected chi connectivity index (χ0v) is 11.6. The first-order valence-electron chi connectivity index (χ1n) is 6.17. The molecule has 0 saturated carbocycles. The minimum atomic E-state index is -1.01. The monoisotopic (exact) mass is 274 g/mol. The van der Waals surface area contributed by atoms with E-state index in [0.29, 0.717) is 0 Å². The highest BCUT2D eigenvalue weighted by atomic mass is 16.4. The number of carboxylic acid groups (broad SMARTS) is 1. The highest BCUT2D eigenvalue weighted by molar-refractivity contribution is 5.93. The van der Waals surface area contributed by atoms with E-state index in [2.05, 4.69) is 11.2 Å². The summed E-state index contributed by atoms with van der Waals surface area (Å²) in [6.07, 6.45) is 5.16. The van der Waals surface area contributed by atoms with Gasteiger partial charge >= 0.3 is 5.97 Å². The molecule has 0 saturated heterocycles. The van der Waals surface area contributed by atoms with Gasteiger partial charge in [0.1, 0.15) is 0 Å². The van der Waals surface area contributed by atoms with Crippen LogP contribution in [0.25, 0.3) is 0 Å². The first-order chi connectivity index (χ1) is 9.42. The van der Waals surface area contributed by atoms with Crippen molar-refractivity contribution in [3.05, 3.63) is 29.3 Å². The van der Waals surface area contributed by atoms with Crippen LogP contribution in [0, 0.1) is 26.2 Å². The maximum Gasteiger partial charge on any atom is 0.317 e. The SMILES string of the molecule is C#CCN(CC(=O)O)CC(=O)Nc1cc(C)ccc1C. The van der Waals surface area contributed by atoms with Crippen LogP contribution in [0.1, 0.15) is 11.1 Å². The van der Waals surface area contributed by atoms with Crippen molar-refractivity contribution in [1.82, 2.24) is 4.90 Å². The van der Waals surface area contributed by atoms with E-state index < -0.39 is 5.97 Å². The lowest BCUT2D eigenvalue weighted by atomic mass is 10.1. The Labute approximate surface area is 118 Å². The number of anilines is 1. The molecule has 5 heteroatoms. The summed E-state index contributed by atoms with van der Waals surface area (Å²) in [5.41, 5.74) is 2.72. The third-order valence-electron chi connectivity index (χ3n) is 2.71. The van der Waals surface area contributed by atoms with Crippen molar-refractivity contribution in [2.45, 2.75) is 13.8 Å². The molecule has 0 unspecified atom stereocenters. The van der Waals surface area contributed by atoms with Gasteiger partial charge in [0.05, 0.1) is 19.6 Å². The second-order valence-corrected chi connectivity index (χ2v) is 4.61. The molecule has 1 rings (SSSR count). The molecule has 1 aromatic carbocycles. The van der Waals surface area contributed by atoms with Gasteiger partial charge in [0.25, 0.3) is 0 Å². The van der Waals surface area contributed by atoms with Crippen LogP contribution in [0.3, 0.4) is 0 Å². The topological polar surface area (TPSA) is 69.6 Å². The Kier molecular flexibility index (Phi) is 5.75. The Morgan fingerprint density at radius 2 is 2.05 bits per heavy atom. The van der Waals surface area contributed by atoms with E-state index in [-0.39, 0.29) is 25.5 Å². The van der Waals surface area contributed by atoms with Crippen molar-refractivity contribution in [1.29, 1.82) is 0 Å². The lowest BCUT2D eigenvalue weighted by molar-refractivity contribution is -0.138. The van der Waals surface area contributed by atoms with Crippen LogP contribution in [0.15, 0.2) is 18.2 Å². The Balaban J connectivity index is 2.68. The number of benzene rings is 1. The predicted molar refractivity (Wildman–Crippen MR) is 77.5 cm³/mol. The molecular weight excluding hydrogens is 256 g/mol. The fraction of sp³-hybridized carbons (Fsp3) is 0.333. The van der Waals surface area contributed by atoms with Crippen molar-refractivity contribution in [2.75, 3.05) is 25.0 Å². The highest BCUT2D eigenvalue weighted by Crippen LogP contribution is 2.16. The summed E-state index contributed by atoms with van der Waals surface area (Å²) in [5, 5.41) is 11.5.